The van der Waals surface area contributed by atoms with Crippen LogP contribution in [0.5, 0.6) is 0 Å². The van der Waals surface area contributed by atoms with Gasteiger partial charge in [-0.15, -0.1) is 0 Å². The molecule has 2 rings (SSSR count). The molecule has 0 bridgehead atoms. The van der Waals surface area contributed by atoms with E-state index < -0.39 is 0 Å². The molecule has 60 valence electrons. The van der Waals surface area contributed by atoms with E-state index in [2.05, 4.69) is 29.6 Å². The maximum atomic E-state index is 5.75. The van der Waals surface area contributed by atoms with Gasteiger partial charge >= 0.3 is 0 Å². The highest BCUT2D eigenvalue weighted by Gasteiger charge is 2.38. The molecule has 0 saturated carbocycles. The second-order valence-corrected chi connectivity index (χ2v) is 3.42. The number of nitrogens with one attached hydrogen (secondary N) is 1. The Labute approximate surface area is 67.2 Å². The molecule has 2 unspecified atom stereocenters. The van der Waals surface area contributed by atoms with Gasteiger partial charge in [0.1, 0.15) is 0 Å². The van der Waals surface area contributed by atoms with Crippen LogP contribution in [0.1, 0.15) is 0 Å². The quantitative estimate of drug-likeness (QED) is 0.563. The topological polar surface area (TPSA) is 38.0 Å². The first-order chi connectivity index (χ1) is 5.37. The van der Waals surface area contributed by atoms with Crippen LogP contribution in [0.15, 0.2) is 24.3 Å². The maximum absolute atomic E-state index is 5.75. The Kier molecular flexibility index (Phi) is 1.59. The SMILES string of the molecule is NCC12C=CC=CC1CNC2. The number of hydrogen-bond acceptors (Lipinski definition) is 2. The van der Waals surface area contributed by atoms with Crippen LogP contribution in [0.25, 0.3) is 0 Å². The predicted octanol–water partition coefficient (Wildman–Crippen LogP) is 0.277. The van der Waals surface area contributed by atoms with E-state index in [4.69, 9.17) is 5.73 Å². The molecule has 0 aromatic carbocycles. The monoisotopic (exact) mass is 150 g/mol. The summed E-state index contributed by atoms with van der Waals surface area (Å²) >= 11 is 0. The van der Waals surface area contributed by atoms with E-state index in [0.29, 0.717) is 5.92 Å². The summed E-state index contributed by atoms with van der Waals surface area (Å²) in [5.74, 6) is 0.623. The van der Waals surface area contributed by atoms with Crippen molar-refractivity contribution < 1.29 is 0 Å². The summed E-state index contributed by atoms with van der Waals surface area (Å²) in [7, 11) is 0. The van der Waals surface area contributed by atoms with Crippen LogP contribution >= 0.6 is 0 Å². The van der Waals surface area contributed by atoms with E-state index in [1.165, 1.54) is 0 Å². The van der Waals surface area contributed by atoms with Gasteiger partial charge in [-0.3, -0.25) is 0 Å². The van der Waals surface area contributed by atoms with Gasteiger partial charge in [-0.2, -0.15) is 0 Å². The molecule has 1 aliphatic carbocycles. The second-order valence-electron chi connectivity index (χ2n) is 3.42. The first-order valence-electron chi connectivity index (χ1n) is 4.14. The predicted molar refractivity (Wildman–Crippen MR) is 46.1 cm³/mol. The lowest BCUT2D eigenvalue weighted by molar-refractivity contribution is 0.363. The van der Waals surface area contributed by atoms with Crippen molar-refractivity contribution in [3.8, 4) is 0 Å². The van der Waals surface area contributed by atoms with Crippen LogP contribution in [0.3, 0.4) is 0 Å². The van der Waals surface area contributed by atoms with Crippen LogP contribution in [-0.2, 0) is 0 Å². The molecule has 2 atom stereocenters. The third-order valence-electron chi connectivity index (χ3n) is 2.82. The Morgan fingerprint density at radius 3 is 3.18 bits per heavy atom. The van der Waals surface area contributed by atoms with Crippen molar-refractivity contribution in [2.24, 2.45) is 17.1 Å². The van der Waals surface area contributed by atoms with E-state index >= 15 is 0 Å². The molecule has 0 spiro atoms. The molecule has 0 aromatic heterocycles. The Morgan fingerprint density at radius 2 is 2.45 bits per heavy atom. The summed E-state index contributed by atoms with van der Waals surface area (Å²) in [6.07, 6.45) is 8.73. The van der Waals surface area contributed by atoms with Crippen molar-refractivity contribution >= 4 is 0 Å². The number of nitrogens with two attached hydrogens (primary N) is 1. The lowest BCUT2D eigenvalue weighted by atomic mass is 9.75. The summed E-state index contributed by atoms with van der Waals surface area (Å²) in [5.41, 5.74) is 5.98. The van der Waals surface area contributed by atoms with E-state index in [1.54, 1.807) is 0 Å². The van der Waals surface area contributed by atoms with Gasteiger partial charge in [0.2, 0.25) is 0 Å². The number of allylic oxidation sites excluding steroid dienone is 2. The summed E-state index contributed by atoms with van der Waals surface area (Å²) in [6.45, 7) is 2.87. The third-order valence-corrected chi connectivity index (χ3v) is 2.82. The van der Waals surface area contributed by atoms with Crippen molar-refractivity contribution in [1.82, 2.24) is 5.32 Å². The van der Waals surface area contributed by atoms with Crippen molar-refractivity contribution in [2.45, 2.75) is 0 Å². The Hall–Kier alpha value is -0.600. The molecule has 1 saturated heterocycles. The normalized spacial score (nSPS) is 41.0. The van der Waals surface area contributed by atoms with Gasteiger partial charge in [-0.05, 0) is 0 Å². The van der Waals surface area contributed by atoms with E-state index in [0.717, 1.165) is 19.6 Å². The van der Waals surface area contributed by atoms with Gasteiger partial charge in [0, 0.05) is 31.0 Å². The molecule has 2 aliphatic rings. The minimum Gasteiger partial charge on any atom is -0.330 e. The standard InChI is InChI=1S/C9H14N2/c10-6-9-4-2-1-3-8(9)5-11-7-9/h1-4,8,11H,5-7,10H2. The van der Waals surface area contributed by atoms with Crippen molar-refractivity contribution in [3.05, 3.63) is 24.3 Å². The zero-order valence-corrected chi connectivity index (χ0v) is 6.59. The molecule has 0 radical (unpaired) electrons. The fourth-order valence-corrected chi connectivity index (χ4v) is 1.97. The minimum absolute atomic E-state index is 0.231. The molecule has 0 aromatic rings. The van der Waals surface area contributed by atoms with Crippen molar-refractivity contribution in [2.75, 3.05) is 19.6 Å². The van der Waals surface area contributed by atoms with Crippen molar-refractivity contribution in [3.63, 3.8) is 0 Å². The lowest BCUT2D eigenvalue weighted by Gasteiger charge is -2.29. The summed E-state index contributed by atoms with van der Waals surface area (Å²) in [6, 6.07) is 0. The van der Waals surface area contributed by atoms with Crippen LogP contribution in [0, 0.1) is 11.3 Å². The Balaban J connectivity index is 2.28. The minimum atomic E-state index is 0.231. The molecule has 11 heavy (non-hydrogen) atoms. The maximum Gasteiger partial charge on any atom is 0.0207 e. The zero-order valence-electron chi connectivity index (χ0n) is 6.59. The molecule has 2 nitrogen and oxygen atoms in total. The highest BCUT2D eigenvalue weighted by Crippen LogP contribution is 2.35. The molecule has 1 heterocycles. The molecule has 1 fully saturated rings. The van der Waals surface area contributed by atoms with Gasteiger partial charge in [0.25, 0.3) is 0 Å². The fraction of sp³-hybridized carbons (Fsp3) is 0.556. The van der Waals surface area contributed by atoms with E-state index in [9.17, 15) is 0 Å². The van der Waals surface area contributed by atoms with Gasteiger partial charge in [-0.1, -0.05) is 24.3 Å². The molecular weight excluding hydrogens is 136 g/mol. The third kappa shape index (κ3) is 0.940. The average Bonchev–Trinajstić information content (AvgIpc) is 2.48. The van der Waals surface area contributed by atoms with Crippen LogP contribution < -0.4 is 11.1 Å². The fourth-order valence-electron chi connectivity index (χ4n) is 1.97. The second kappa shape index (κ2) is 2.47. The van der Waals surface area contributed by atoms with Gasteiger partial charge in [0.15, 0.2) is 0 Å². The lowest BCUT2D eigenvalue weighted by Crippen LogP contribution is -2.36. The van der Waals surface area contributed by atoms with Gasteiger partial charge in [0.05, 0.1) is 0 Å². The molecule has 0 amide bonds. The summed E-state index contributed by atoms with van der Waals surface area (Å²) in [4.78, 5) is 0. The van der Waals surface area contributed by atoms with E-state index in [1.807, 2.05) is 0 Å². The summed E-state index contributed by atoms with van der Waals surface area (Å²) in [5, 5.41) is 3.37. The van der Waals surface area contributed by atoms with Gasteiger partial charge in [-0.25, -0.2) is 0 Å². The van der Waals surface area contributed by atoms with Crippen LogP contribution in [-0.4, -0.2) is 19.6 Å². The highest BCUT2D eigenvalue weighted by molar-refractivity contribution is 5.23. The number of rotatable bonds is 1. The largest absolute Gasteiger partial charge is 0.330 e. The molecular formula is C9H14N2. The Morgan fingerprint density at radius 1 is 1.55 bits per heavy atom. The zero-order chi connectivity index (χ0) is 7.73. The number of hydrogen-bond donors (Lipinski definition) is 2. The van der Waals surface area contributed by atoms with Crippen LogP contribution in [0.2, 0.25) is 0 Å². The highest BCUT2D eigenvalue weighted by atomic mass is 14.9. The molecule has 1 aliphatic heterocycles. The summed E-state index contributed by atoms with van der Waals surface area (Å²) < 4.78 is 0. The smallest absolute Gasteiger partial charge is 0.0207 e. The number of fused-ring (bicyclic) bond motifs is 1. The average molecular weight is 150 g/mol. The van der Waals surface area contributed by atoms with E-state index in [-0.39, 0.29) is 5.41 Å². The van der Waals surface area contributed by atoms with Crippen molar-refractivity contribution in [1.29, 1.82) is 0 Å². The first kappa shape index (κ1) is 7.07. The van der Waals surface area contributed by atoms with Crippen LogP contribution in [0.4, 0.5) is 0 Å². The molecule has 3 N–H and O–H groups in total. The first-order valence-corrected chi connectivity index (χ1v) is 4.14. The Bertz CT molecular complexity index is 208. The molecule has 2 heteroatoms. The van der Waals surface area contributed by atoms with Gasteiger partial charge < -0.3 is 11.1 Å².